The number of amides is 3. The van der Waals surface area contributed by atoms with Crippen LogP contribution in [0.1, 0.15) is 33.5 Å². The lowest BCUT2D eigenvalue weighted by atomic mass is 10.1. The highest BCUT2D eigenvalue weighted by atomic mass is 19.4. The van der Waals surface area contributed by atoms with E-state index in [0.717, 1.165) is 11.1 Å². The molecule has 13 nitrogen and oxygen atoms in total. The maximum atomic E-state index is 13.0. The van der Waals surface area contributed by atoms with Crippen LogP contribution < -0.4 is 15.5 Å². The summed E-state index contributed by atoms with van der Waals surface area (Å²) in [6.07, 6.45) is -1.83. The van der Waals surface area contributed by atoms with Gasteiger partial charge < -0.3 is 19.7 Å². The molecule has 0 atom stereocenters. The third-order valence-electron chi connectivity index (χ3n) is 5.53. The van der Waals surface area contributed by atoms with Gasteiger partial charge in [0.25, 0.3) is 0 Å². The first-order chi connectivity index (χ1) is 19.0. The number of urea groups is 1. The molecule has 0 aliphatic carbocycles. The van der Waals surface area contributed by atoms with Crippen molar-refractivity contribution >= 4 is 29.9 Å². The lowest BCUT2D eigenvalue weighted by Crippen LogP contribution is -2.37. The molecule has 0 radical (unpaired) electrons. The van der Waals surface area contributed by atoms with E-state index in [1.54, 1.807) is 19.1 Å². The normalized spacial score (nSPS) is 11.2. The summed E-state index contributed by atoms with van der Waals surface area (Å²) in [6.45, 7) is 2.54. The quantitative estimate of drug-likeness (QED) is 0.310. The van der Waals surface area contributed by atoms with Gasteiger partial charge in [0.05, 0.1) is 18.6 Å². The van der Waals surface area contributed by atoms with Crippen LogP contribution in [-0.4, -0.2) is 54.9 Å². The third-order valence-corrected chi connectivity index (χ3v) is 5.53. The first-order valence-corrected chi connectivity index (χ1v) is 11.6. The Morgan fingerprint density at radius 1 is 1.18 bits per heavy atom. The van der Waals surface area contributed by atoms with E-state index in [1.807, 2.05) is 0 Å². The fourth-order valence-electron chi connectivity index (χ4n) is 3.68. The number of aromatic nitrogens is 6. The summed E-state index contributed by atoms with van der Waals surface area (Å²) < 4.78 is 45.3. The average molecular weight is 557 g/mol. The number of hydrogen-bond acceptors (Lipinski definition) is 9. The van der Waals surface area contributed by atoms with E-state index in [4.69, 9.17) is 4.52 Å². The van der Waals surface area contributed by atoms with Crippen LogP contribution >= 0.6 is 0 Å². The topological polar surface area (TPSA) is 161 Å². The number of nitrogens with one attached hydrogen (secondary N) is 2. The maximum Gasteiger partial charge on any atom is 0.433 e. The van der Waals surface area contributed by atoms with Crippen LogP contribution in [0, 0.1) is 13.8 Å². The zero-order valence-electron chi connectivity index (χ0n) is 21.4. The first-order valence-electron chi connectivity index (χ1n) is 11.6. The van der Waals surface area contributed by atoms with Crippen LogP contribution in [0.5, 0.6) is 0 Å². The van der Waals surface area contributed by atoms with Crippen molar-refractivity contribution < 1.29 is 32.1 Å². The number of aryl methyl sites for hydroxylation is 2. The predicted molar refractivity (Wildman–Crippen MR) is 133 cm³/mol. The Labute approximate surface area is 224 Å². The molecule has 0 saturated heterocycles. The minimum absolute atomic E-state index is 0.00676. The van der Waals surface area contributed by atoms with Crippen LogP contribution in [0.2, 0.25) is 0 Å². The Bertz CT molecular complexity index is 1570. The second kappa shape index (κ2) is 11.3. The summed E-state index contributed by atoms with van der Waals surface area (Å²) in [5.74, 6) is 0.163. The number of carbonyl (C=O) groups is 3. The highest BCUT2D eigenvalue weighted by molar-refractivity contribution is 5.96. The Morgan fingerprint density at radius 2 is 1.95 bits per heavy atom. The van der Waals surface area contributed by atoms with E-state index in [0.29, 0.717) is 23.4 Å². The van der Waals surface area contributed by atoms with Gasteiger partial charge in [-0.2, -0.15) is 18.2 Å². The van der Waals surface area contributed by atoms with Gasteiger partial charge in [-0.1, -0.05) is 11.2 Å². The molecule has 0 spiro atoms. The van der Waals surface area contributed by atoms with Gasteiger partial charge in [0, 0.05) is 18.8 Å². The molecule has 3 amide bonds. The average Bonchev–Trinajstić information content (AvgIpc) is 3.51. The van der Waals surface area contributed by atoms with Crippen molar-refractivity contribution in [3.8, 4) is 11.3 Å². The number of aldehydes is 1. The molecule has 16 heteroatoms. The monoisotopic (exact) mass is 557 g/mol. The summed E-state index contributed by atoms with van der Waals surface area (Å²) >= 11 is 0. The zero-order valence-corrected chi connectivity index (χ0v) is 21.4. The molecule has 0 aromatic carbocycles. The molecule has 0 bridgehead atoms. The number of alkyl halides is 3. The standard InChI is InChI=1S/C24H22F3N9O4/c1-13-7-15(8-28-21(13)24(25,26)27)16-5-4-6-18(32-16)33-19(38)10-36-12-30-22(17(36)11-37)35(3)23(39)29-9-20-31-14(2)34-40-20/h4-8,11-12H,9-10H2,1-3H3,(H,29,39)(H,32,33,38). The van der Waals surface area contributed by atoms with Crippen molar-refractivity contribution in [3.63, 3.8) is 0 Å². The predicted octanol–water partition coefficient (Wildman–Crippen LogP) is 3.16. The molecule has 0 unspecified atom stereocenters. The van der Waals surface area contributed by atoms with E-state index in [9.17, 15) is 27.6 Å². The largest absolute Gasteiger partial charge is 0.433 e. The zero-order chi connectivity index (χ0) is 29.0. The van der Waals surface area contributed by atoms with Crippen molar-refractivity contribution in [2.75, 3.05) is 17.3 Å². The molecule has 0 aliphatic rings. The maximum absolute atomic E-state index is 13.0. The van der Waals surface area contributed by atoms with Gasteiger partial charge in [0.15, 0.2) is 17.9 Å². The molecule has 4 aromatic heterocycles. The summed E-state index contributed by atoms with van der Waals surface area (Å²) in [4.78, 5) is 54.0. The highest BCUT2D eigenvalue weighted by Crippen LogP contribution is 2.31. The lowest BCUT2D eigenvalue weighted by Gasteiger charge is -2.16. The molecule has 0 saturated carbocycles. The molecule has 4 heterocycles. The molecule has 2 N–H and O–H groups in total. The van der Waals surface area contributed by atoms with E-state index >= 15 is 0 Å². The number of imidazole rings is 1. The van der Waals surface area contributed by atoms with Gasteiger partial charge in [0.2, 0.25) is 11.8 Å². The number of pyridine rings is 2. The summed E-state index contributed by atoms with van der Waals surface area (Å²) in [6, 6.07) is 5.33. The minimum atomic E-state index is -4.58. The second-order valence-corrected chi connectivity index (χ2v) is 8.50. The number of anilines is 2. The van der Waals surface area contributed by atoms with Crippen LogP contribution in [0.3, 0.4) is 0 Å². The van der Waals surface area contributed by atoms with E-state index < -0.39 is 23.8 Å². The highest BCUT2D eigenvalue weighted by Gasteiger charge is 2.34. The van der Waals surface area contributed by atoms with Crippen LogP contribution in [0.4, 0.5) is 29.6 Å². The molecule has 4 rings (SSSR count). The summed E-state index contributed by atoms with van der Waals surface area (Å²) in [7, 11) is 1.39. The summed E-state index contributed by atoms with van der Waals surface area (Å²) in [5.41, 5.74) is -0.462. The van der Waals surface area contributed by atoms with Crippen molar-refractivity contribution in [1.82, 2.24) is 35.0 Å². The van der Waals surface area contributed by atoms with Gasteiger partial charge in [-0.3, -0.25) is 19.5 Å². The van der Waals surface area contributed by atoms with E-state index in [-0.39, 0.29) is 41.9 Å². The SMILES string of the molecule is Cc1noc(CNC(=O)N(C)c2ncn(CC(=O)Nc3cccc(-c4cnc(C(F)(F)F)c(C)c4)n3)c2C=O)n1. The fraction of sp³-hybridized carbons (Fsp3) is 0.250. The van der Waals surface area contributed by atoms with E-state index in [2.05, 4.69) is 35.7 Å². The van der Waals surface area contributed by atoms with E-state index in [1.165, 1.54) is 37.0 Å². The molecule has 40 heavy (non-hydrogen) atoms. The van der Waals surface area contributed by atoms with Crippen LogP contribution in [0.15, 0.2) is 41.3 Å². The Balaban J connectivity index is 1.42. The van der Waals surface area contributed by atoms with Crippen molar-refractivity contribution in [2.45, 2.75) is 33.1 Å². The number of halogens is 3. The van der Waals surface area contributed by atoms with Crippen LogP contribution in [0.25, 0.3) is 11.3 Å². The molecule has 4 aromatic rings. The van der Waals surface area contributed by atoms with Crippen LogP contribution in [-0.2, 0) is 24.1 Å². The Hall–Kier alpha value is -5.15. The van der Waals surface area contributed by atoms with Gasteiger partial charge in [-0.05, 0) is 37.6 Å². The number of hydrogen-bond donors (Lipinski definition) is 2. The fourth-order valence-corrected chi connectivity index (χ4v) is 3.68. The summed E-state index contributed by atoms with van der Waals surface area (Å²) in [5, 5.41) is 8.75. The number of rotatable bonds is 8. The van der Waals surface area contributed by atoms with Gasteiger partial charge in [-0.15, -0.1) is 0 Å². The van der Waals surface area contributed by atoms with Gasteiger partial charge >= 0.3 is 12.2 Å². The molecule has 208 valence electrons. The molecule has 0 aliphatic heterocycles. The Morgan fingerprint density at radius 3 is 2.60 bits per heavy atom. The molecular formula is C24H22F3N9O4. The molecular weight excluding hydrogens is 535 g/mol. The first kappa shape index (κ1) is 27.9. The minimum Gasteiger partial charge on any atom is -0.337 e. The molecule has 0 fully saturated rings. The Kier molecular flexibility index (Phi) is 7.88. The lowest BCUT2D eigenvalue weighted by molar-refractivity contribution is -0.141. The van der Waals surface area contributed by atoms with Gasteiger partial charge in [0.1, 0.15) is 23.8 Å². The van der Waals surface area contributed by atoms with Crippen molar-refractivity contribution in [1.29, 1.82) is 0 Å². The number of carbonyl (C=O) groups excluding carboxylic acids is 3. The van der Waals surface area contributed by atoms with Crippen molar-refractivity contribution in [2.24, 2.45) is 0 Å². The van der Waals surface area contributed by atoms with Gasteiger partial charge in [-0.25, -0.2) is 14.8 Å². The van der Waals surface area contributed by atoms with Crippen molar-refractivity contribution in [3.05, 3.63) is 65.5 Å². The smallest absolute Gasteiger partial charge is 0.337 e. The third kappa shape index (κ3) is 6.28. The second-order valence-electron chi connectivity index (χ2n) is 8.50. The number of nitrogens with zero attached hydrogens (tertiary/aromatic N) is 7.